The molecule has 0 unspecified atom stereocenters. The smallest absolute Gasteiger partial charge is 0.146 e. The topological polar surface area (TPSA) is 29.0 Å². The maximum atomic E-state index is 4.43. The summed E-state index contributed by atoms with van der Waals surface area (Å²) in [6, 6.07) is 0. The van der Waals surface area contributed by atoms with Crippen LogP contribution in [-0.4, -0.2) is 24.1 Å². The second-order valence-corrected chi connectivity index (χ2v) is 3.01. The molecule has 0 radical (unpaired) electrons. The Morgan fingerprint density at radius 1 is 1.33 bits per heavy atom. The Morgan fingerprint density at radius 2 is 2.08 bits per heavy atom. The van der Waals surface area contributed by atoms with Crippen molar-refractivity contribution >= 4 is 5.82 Å². The van der Waals surface area contributed by atoms with E-state index in [1.165, 1.54) is 0 Å². The molecular weight excluding hydrogens is 150 g/mol. The lowest BCUT2D eigenvalue weighted by Crippen LogP contribution is -2.11. The molecule has 0 aliphatic heterocycles. The van der Waals surface area contributed by atoms with Crippen LogP contribution in [-0.2, 0) is 6.42 Å². The monoisotopic (exact) mass is 165 g/mol. The van der Waals surface area contributed by atoms with Crippen LogP contribution < -0.4 is 4.90 Å². The van der Waals surface area contributed by atoms with Gasteiger partial charge in [-0.2, -0.15) is 0 Å². The van der Waals surface area contributed by atoms with Crippen molar-refractivity contribution in [3.8, 4) is 0 Å². The molecule has 1 aromatic heterocycles. The van der Waals surface area contributed by atoms with Gasteiger partial charge >= 0.3 is 0 Å². The van der Waals surface area contributed by atoms with Crippen molar-refractivity contribution in [3.63, 3.8) is 0 Å². The van der Waals surface area contributed by atoms with E-state index in [9.17, 15) is 0 Å². The Morgan fingerprint density at radius 3 is 2.67 bits per heavy atom. The second-order valence-electron chi connectivity index (χ2n) is 3.01. The molecule has 3 nitrogen and oxygen atoms in total. The highest BCUT2D eigenvalue weighted by Gasteiger charge is 1.98. The molecule has 0 aliphatic carbocycles. The molecule has 0 amide bonds. The van der Waals surface area contributed by atoms with Gasteiger partial charge in [0.05, 0.1) is 11.9 Å². The van der Waals surface area contributed by atoms with Crippen LogP contribution in [0.25, 0.3) is 0 Å². The van der Waals surface area contributed by atoms with Crippen molar-refractivity contribution in [2.45, 2.75) is 19.8 Å². The predicted molar refractivity (Wildman–Crippen MR) is 50.4 cm³/mol. The van der Waals surface area contributed by atoms with E-state index in [2.05, 4.69) is 16.9 Å². The maximum absolute atomic E-state index is 4.43. The van der Waals surface area contributed by atoms with Crippen LogP contribution in [0.4, 0.5) is 5.82 Å². The summed E-state index contributed by atoms with van der Waals surface area (Å²) in [4.78, 5) is 10.5. The van der Waals surface area contributed by atoms with Crippen molar-refractivity contribution in [3.05, 3.63) is 18.1 Å². The fourth-order valence-electron chi connectivity index (χ4n) is 0.987. The van der Waals surface area contributed by atoms with Gasteiger partial charge in [-0.05, 0) is 6.42 Å². The number of hydrogen-bond acceptors (Lipinski definition) is 3. The van der Waals surface area contributed by atoms with Gasteiger partial charge in [-0.25, -0.2) is 4.98 Å². The zero-order valence-corrected chi connectivity index (χ0v) is 7.91. The normalized spacial score (nSPS) is 9.92. The SMILES string of the molecule is CCCc1cncc(N(C)C)n1. The molecular formula is C9H15N3. The minimum atomic E-state index is 0.931. The average Bonchev–Trinajstić information content (AvgIpc) is 2.05. The number of rotatable bonds is 3. The van der Waals surface area contributed by atoms with Crippen LogP contribution in [0, 0.1) is 0 Å². The van der Waals surface area contributed by atoms with Crippen LogP contribution in [0.3, 0.4) is 0 Å². The molecule has 0 aliphatic rings. The Kier molecular flexibility index (Phi) is 3.02. The molecule has 12 heavy (non-hydrogen) atoms. The van der Waals surface area contributed by atoms with Crippen molar-refractivity contribution in [1.29, 1.82) is 0 Å². The van der Waals surface area contributed by atoms with Gasteiger partial charge in [0, 0.05) is 20.3 Å². The van der Waals surface area contributed by atoms with Gasteiger partial charge in [0.25, 0.3) is 0 Å². The van der Waals surface area contributed by atoms with Gasteiger partial charge in [-0.3, -0.25) is 4.98 Å². The van der Waals surface area contributed by atoms with E-state index in [1.807, 2.05) is 25.2 Å². The summed E-state index contributed by atoms with van der Waals surface area (Å²) in [5.74, 6) is 0.931. The first-order valence-corrected chi connectivity index (χ1v) is 4.22. The maximum Gasteiger partial charge on any atom is 0.146 e. The van der Waals surface area contributed by atoms with Gasteiger partial charge in [-0.1, -0.05) is 13.3 Å². The molecule has 0 saturated carbocycles. The van der Waals surface area contributed by atoms with Crippen LogP contribution >= 0.6 is 0 Å². The molecule has 0 aromatic carbocycles. The first kappa shape index (κ1) is 8.97. The zero-order chi connectivity index (χ0) is 8.97. The summed E-state index contributed by atoms with van der Waals surface area (Å²) in [5, 5.41) is 0. The summed E-state index contributed by atoms with van der Waals surface area (Å²) in [6.45, 7) is 2.14. The number of aryl methyl sites for hydroxylation is 1. The van der Waals surface area contributed by atoms with Crippen LogP contribution in [0.5, 0.6) is 0 Å². The quantitative estimate of drug-likeness (QED) is 0.679. The highest BCUT2D eigenvalue weighted by Crippen LogP contribution is 2.06. The molecule has 3 heteroatoms. The van der Waals surface area contributed by atoms with Crippen molar-refractivity contribution in [2.75, 3.05) is 19.0 Å². The lowest BCUT2D eigenvalue weighted by molar-refractivity contribution is 0.862. The Labute approximate surface area is 73.5 Å². The first-order valence-electron chi connectivity index (χ1n) is 4.22. The van der Waals surface area contributed by atoms with Crippen molar-refractivity contribution in [2.24, 2.45) is 0 Å². The fourth-order valence-corrected chi connectivity index (χ4v) is 0.987. The molecule has 1 heterocycles. The van der Waals surface area contributed by atoms with E-state index < -0.39 is 0 Å². The van der Waals surface area contributed by atoms with Gasteiger partial charge in [0.1, 0.15) is 5.82 Å². The van der Waals surface area contributed by atoms with E-state index in [-0.39, 0.29) is 0 Å². The number of aromatic nitrogens is 2. The lowest BCUT2D eigenvalue weighted by Gasteiger charge is -2.10. The Balaban J connectivity index is 2.81. The van der Waals surface area contributed by atoms with E-state index >= 15 is 0 Å². The highest BCUT2D eigenvalue weighted by molar-refractivity contribution is 5.33. The molecule has 1 rings (SSSR count). The van der Waals surface area contributed by atoms with E-state index in [0.29, 0.717) is 0 Å². The molecule has 0 fully saturated rings. The number of anilines is 1. The van der Waals surface area contributed by atoms with Gasteiger partial charge in [-0.15, -0.1) is 0 Å². The van der Waals surface area contributed by atoms with Crippen molar-refractivity contribution in [1.82, 2.24) is 9.97 Å². The zero-order valence-electron chi connectivity index (χ0n) is 7.91. The third-order valence-electron chi connectivity index (χ3n) is 1.64. The Bertz CT molecular complexity index is 245. The lowest BCUT2D eigenvalue weighted by atomic mass is 10.3. The molecule has 1 aromatic rings. The molecule has 0 N–H and O–H groups in total. The number of nitrogens with zero attached hydrogens (tertiary/aromatic N) is 3. The summed E-state index contributed by atoms with van der Waals surface area (Å²) < 4.78 is 0. The number of hydrogen-bond donors (Lipinski definition) is 0. The van der Waals surface area contributed by atoms with Crippen LogP contribution in [0.15, 0.2) is 12.4 Å². The molecule has 0 saturated heterocycles. The first-order chi connectivity index (χ1) is 5.74. The minimum absolute atomic E-state index is 0.931. The Hall–Kier alpha value is -1.12. The highest BCUT2D eigenvalue weighted by atomic mass is 15.1. The third kappa shape index (κ3) is 2.19. The standard InChI is InChI=1S/C9H15N3/c1-4-5-8-6-10-7-9(11-8)12(2)3/h6-7H,4-5H2,1-3H3. The van der Waals surface area contributed by atoms with Gasteiger partial charge in [0.15, 0.2) is 0 Å². The van der Waals surface area contributed by atoms with E-state index in [1.54, 1.807) is 6.20 Å². The fraction of sp³-hybridized carbons (Fsp3) is 0.556. The molecule has 0 bridgehead atoms. The average molecular weight is 165 g/mol. The van der Waals surface area contributed by atoms with Gasteiger partial charge in [0.2, 0.25) is 0 Å². The third-order valence-corrected chi connectivity index (χ3v) is 1.64. The molecule has 66 valence electrons. The second kappa shape index (κ2) is 4.04. The summed E-state index contributed by atoms with van der Waals surface area (Å²) in [6.07, 6.45) is 5.73. The van der Waals surface area contributed by atoms with E-state index in [0.717, 1.165) is 24.4 Å². The summed E-state index contributed by atoms with van der Waals surface area (Å²) in [7, 11) is 3.94. The predicted octanol–water partition coefficient (Wildman–Crippen LogP) is 1.50. The molecule has 0 atom stereocenters. The minimum Gasteiger partial charge on any atom is -0.361 e. The summed E-state index contributed by atoms with van der Waals surface area (Å²) >= 11 is 0. The van der Waals surface area contributed by atoms with Crippen LogP contribution in [0.1, 0.15) is 19.0 Å². The van der Waals surface area contributed by atoms with Crippen LogP contribution in [0.2, 0.25) is 0 Å². The van der Waals surface area contributed by atoms with Crippen molar-refractivity contribution < 1.29 is 0 Å². The largest absolute Gasteiger partial charge is 0.361 e. The molecule has 0 spiro atoms. The summed E-state index contributed by atoms with van der Waals surface area (Å²) in [5.41, 5.74) is 1.07. The van der Waals surface area contributed by atoms with Gasteiger partial charge < -0.3 is 4.90 Å². The van der Waals surface area contributed by atoms with E-state index in [4.69, 9.17) is 0 Å².